The molecular weight excluding hydrogens is 170 g/mol. The Hall–Kier alpha value is -1.50. The van der Waals surface area contributed by atoms with Gasteiger partial charge in [-0.25, -0.2) is 0 Å². The van der Waals surface area contributed by atoms with Crippen LogP contribution >= 0.6 is 0 Å². The van der Waals surface area contributed by atoms with E-state index in [0.29, 0.717) is 0 Å². The summed E-state index contributed by atoms with van der Waals surface area (Å²) in [4.78, 5) is 0. The van der Waals surface area contributed by atoms with Gasteiger partial charge in [0.25, 0.3) is 0 Å². The smallest absolute Gasteiger partial charge is 0.0472 e. The van der Waals surface area contributed by atoms with Gasteiger partial charge in [-0.3, -0.25) is 0 Å². The summed E-state index contributed by atoms with van der Waals surface area (Å²) in [5, 5.41) is 0. The van der Waals surface area contributed by atoms with E-state index in [4.69, 9.17) is 0 Å². The third-order valence-electron chi connectivity index (χ3n) is 2.52. The number of aromatic nitrogens is 1. The molecule has 1 aromatic heterocycles. The monoisotopic (exact) mass is 185 g/mol. The Kier molecular flexibility index (Phi) is 2.68. The van der Waals surface area contributed by atoms with Gasteiger partial charge in [0.15, 0.2) is 0 Å². The molecule has 0 atom stereocenters. The summed E-state index contributed by atoms with van der Waals surface area (Å²) in [7, 11) is 0. The Labute approximate surface area is 85.0 Å². The lowest BCUT2D eigenvalue weighted by Crippen LogP contribution is -1.99. The molecular formula is C13H15N. The second-order valence-corrected chi connectivity index (χ2v) is 3.48. The average Bonchev–Trinajstić information content (AvgIpc) is 2.71. The first kappa shape index (κ1) is 9.07. The fraction of sp³-hybridized carbons (Fsp3) is 0.231. The van der Waals surface area contributed by atoms with E-state index in [1.165, 1.54) is 11.1 Å². The lowest BCUT2D eigenvalue weighted by Gasteiger charge is -2.08. The number of hydrogen-bond donors (Lipinski definition) is 0. The molecule has 72 valence electrons. The molecule has 0 bridgehead atoms. The molecule has 2 aromatic rings. The van der Waals surface area contributed by atoms with E-state index < -0.39 is 0 Å². The zero-order valence-corrected chi connectivity index (χ0v) is 8.48. The molecule has 0 spiro atoms. The summed E-state index contributed by atoms with van der Waals surface area (Å²) in [6.45, 7) is 3.19. The van der Waals surface area contributed by atoms with Gasteiger partial charge < -0.3 is 4.57 Å². The molecule has 0 aliphatic carbocycles. The number of aryl methyl sites for hydroxylation is 1. The van der Waals surface area contributed by atoms with Gasteiger partial charge in [0.2, 0.25) is 0 Å². The molecule has 1 aromatic carbocycles. The average molecular weight is 185 g/mol. The molecule has 1 nitrogen and oxygen atoms in total. The summed E-state index contributed by atoms with van der Waals surface area (Å²) < 4.78 is 2.20. The third-order valence-corrected chi connectivity index (χ3v) is 2.52. The Bertz CT molecular complexity index is 387. The summed E-state index contributed by atoms with van der Waals surface area (Å²) >= 11 is 0. The van der Waals surface area contributed by atoms with Crippen LogP contribution in [0.25, 0.3) is 0 Å². The largest absolute Gasteiger partial charge is 0.350 e. The van der Waals surface area contributed by atoms with Crippen LogP contribution in [0.5, 0.6) is 0 Å². The fourth-order valence-corrected chi connectivity index (χ4v) is 1.73. The van der Waals surface area contributed by atoms with Crippen LogP contribution in [0.2, 0.25) is 0 Å². The number of benzene rings is 1. The van der Waals surface area contributed by atoms with Crippen molar-refractivity contribution in [3.05, 3.63) is 59.9 Å². The van der Waals surface area contributed by atoms with Crippen molar-refractivity contribution >= 4 is 0 Å². The summed E-state index contributed by atoms with van der Waals surface area (Å²) in [6.07, 6.45) is 5.32. The second kappa shape index (κ2) is 4.14. The van der Waals surface area contributed by atoms with Gasteiger partial charge in [-0.05, 0) is 29.7 Å². The lowest BCUT2D eigenvalue weighted by atomic mass is 10.1. The minimum absolute atomic E-state index is 0.983. The maximum Gasteiger partial charge on any atom is 0.0472 e. The van der Waals surface area contributed by atoms with Crippen molar-refractivity contribution in [2.45, 2.75) is 19.9 Å². The van der Waals surface area contributed by atoms with Crippen molar-refractivity contribution in [1.82, 2.24) is 4.57 Å². The van der Waals surface area contributed by atoms with Gasteiger partial charge in [0, 0.05) is 18.9 Å². The van der Waals surface area contributed by atoms with Gasteiger partial charge in [-0.15, -0.1) is 0 Å². The highest BCUT2D eigenvalue weighted by Gasteiger charge is 1.99. The van der Waals surface area contributed by atoms with E-state index in [1.54, 1.807) is 0 Å². The Morgan fingerprint density at radius 2 is 1.57 bits per heavy atom. The molecule has 0 saturated heterocycles. The Balaban J connectivity index is 2.24. The highest BCUT2D eigenvalue weighted by molar-refractivity contribution is 5.27. The SMILES string of the molecule is CCc1ccccc1Cn1cccc1. The summed E-state index contributed by atoms with van der Waals surface area (Å²) in [5.41, 5.74) is 2.87. The zero-order chi connectivity index (χ0) is 9.80. The van der Waals surface area contributed by atoms with Crippen LogP contribution in [0, 0.1) is 0 Å². The third kappa shape index (κ3) is 1.87. The van der Waals surface area contributed by atoms with E-state index in [9.17, 15) is 0 Å². The van der Waals surface area contributed by atoms with Gasteiger partial charge in [-0.1, -0.05) is 31.2 Å². The molecule has 2 rings (SSSR count). The lowest BCUT2D eigenvalue weighted by molar-refractivity contribution is 0.795. The molecule has 0 saturated carbocycles. The number of hydrogen-bond acceptors (Lipinski definition) is 0. The van der Waals surface area contributed by atoms with Crippen LogP contribution in [0.3, 0.4) is 0 Å². The molecule has 0 fully saturated rings. The van der Waals surface area contributed by atoms with Gasteiger partial charge >= 0.3 is 0 Å². The van der Waals surface area contributed by atoms with Crippen LogP contribution in [0.4, 0.5) is 0 Å². The normalized spacial score (nSPS) is 10.4. The van der Waals surface area contributed by atoms with E-state index in [0.717, 1.165) is 13.0 Å². The van der Waals surface area contributed by atoms with E-state index in [1.807, 2.05) is 0 Å². The molecule has 0 amide bonds. The van der Waals surface area contributed by atoms with Crippen molar-refractivity contribution in [3.8, 4) is 0 Å². The van der Waals surface area contributed by atoms with Crippen LogP contribution in [0.1, 0.15) is 18.1 Å². The molecule has 1 heteroatoms. The van der Waals surface area contributed by atoms with E-state index >= 15 is 0 Å². The maximum atomic E-state index is 2.21. The van der Waals surface area contributed by atoms with Crippen LogP contribution in [0.15, 0.2) is 48.8 Å². The van der Waals surface area contributed by atoms with Crippen LogP contribution in [-0.2, 0) is 13.0 Å². The van der Waals surface area contributed by atoms with Gasteiger partial charge in [-0.2, -0.15) is 0 Å². The fourth-order valence-electron chi connectivity index (χ4n) is 1.73. The van der Waals surface area contributed by atoms with Gasteiger partial charge in [0.05, 0.1) is 0 Å². The molecule has 0 unspecified atom stereocenters. The predicted octanol–water partition coefficient (Wildman–Crippen LogP) is 3.10. The first-order valence-corrected chi connectivity index (χ1v) is 5.07. The zero-order valence-electron chi connectivity index (χ0n) is 8.48. The van der Waals surface area contributed by atoms with Crippen molar-refractivity contribution in [3.63, 3.8) is 0 Å². The summed E-state index contributed by atoms with van der Waals surface area (Å²) in [6, 6.07) is 12.8. The second-order valence-electron chi connectivity index (χ2n) is 3.48. The minimum atomic E-state index is 0.983. The molecule has 0 radical (unpaired) electrons. The Morgan fingerprint density at radius 1 is 0.929 bits per heavy atom. The molecule has 14 heavy (non-hydrogen) atoms. The maximum absolute atomic E-state index is 2.21. The standard InChI is InChI=1S/C13H15N/c1-2-12-7-3-4-8-13(12)11-14-9-5-6-10-14/h3-10H,2,11H2,1H3. The Morgan fingerprint density at radius 3 is 2.21 bits per heavy atom. The van der Waals surface area contributed by atoms with Gasteiger partial charge in [0.1, 0.15) is 0 Å². The van der Waals surface area contributed by atoms with Crippen molar-refractivity contribution in [1.29, 1.82) is 0 Å². The molecule has 0 aliphatic heterocycles. The molecule has 1 heterocycles. The van der Waals surface area contributed by atoms with Crippen molar-refractivity contribution in [2.24, 2.45) is 0 Å². The first-order chi connectivity index (χ1) is 6.90. The molecule has 0 aliphatic rings. The first-order valence-electron chi connectivity index (χ1n) is 5.07. The highest BCUT2D eigenvalue weighted by atomic mass is 14.9. The number of rotatable bonds is 3. The van der Waals surface area contributed by atoms with E-state index in [-0.39, 0.29) is 0 Å². The number of nitrogens with zero attached hydrogens (tertiary/aromatic N) is 1. The van der Waals surface area contributed by atoms with Crippen LogP contribution in [-0.4, -0.2) is 4.57 Å². The van der Waals surface area contributed by atoms with Crippen LogP contribution < -0.4 is 0 Å². The predicted molar refractivity (Wildman–Crippen MR) is 59.4 cm³/mol. The highest BCUT2D eigenvalue weighted by Crippen LogP contribution is 2.11. The van der Waals surface area contributed by atoms with E-state index in [2.05, 4.69) is 60.3 Å². The quantitative estimate of drug-likeness (QED) is 0.692. The summed E-state index contributed by atoms with van der Waals surface area (Å²) in [5.74, 6) is 0. The molecule has 0 N–H and O–H groups in total. The minimum Gasteiger partial charge on any atom is -0.350 e. The van der Waals surface area contributed by atoms with Crippen molar-refractivity contribution < 1.29 is 0 Å². The topological polar surface area (TPSA) is 4.93 Å². The van der Waals surface area contributed by atoms with Crippen molar-refractivity contribution in [2.75, 3.05) is 0 Å².